The number of ether oxygens (including phenoxy) is 1. The Balaban J connectivity index is 2.35. The smallest absolute Gasteiger partial charge is 0.262 e. The molecule has 0 saturated carbocycles. The van der Waals surface area contributed by atoms with Gasteiger partial charge in [-0.2, -0.15) is 0 Å². The normalized spacial score (nSPS) is 13.0. The number of fused-ring (bicyclic) bond motifs is 1. The highest BCUT2D eigenvalue weighted by molar-refractivity contribution is 6.30. The van der Waals surface area contributed by atoms with Crippen molar-refractivity contribution < 1.29 is 14.3 Å². The standard InChI is InChI=1S/C14H10ClN3O4/c1-22-9-4-6(15)2-3-8(9)18-10(19)5-7-11(12(18)16)14(21)17-13(7)20/h2-5H,16H2,1H3,(H,17,20,21). The number of rotatable bonds is 2. The number of pyridine rings is 1. The second-order valence-electron chi connectivity index (χ2n) is 4.59. The summed E-state index contributed by atoms with van der Waals surface area (Å²) in [6, 6.07) is 5.69. The topological polar surface area (TPSA) is 103 Å². The zero-order chi connectivity index (χ0) is 16.0. The van der Waals surface area contributed by atoms with E-state index in [0.717, 1.165) is 10.6 Å². The molecule has 1 aromatic carbocycles. The van der Waals surface area contributed by atoms with Crippen LogP contribution in [0, 0.1) is 0 Å². The van der Waals surface area contributed by atoms with Crippen molar-refractivity contribution >= 4 is 29.2 Å². The number of hydrogen-bond acceptors (Lipinski definition) is 5. The summed E-state index contributed by atoms with van der Waals surface area (Å²) in [5.74, 6) is -1.10. The average Bonchev–Trinajstić information content (AvgIpc) is 2.75. The minimum atomic E-state index is -0.640. The largest absolute Gasteiger partial charge is 0.495 e. The molecule has 2 amide bonds. The van der Waals surface area contributed by atoms with Crippen molar-refractivity contribution in [2.75, 3.05) is 12.8 Å². The predicted octanol–water partition coefficient (Wildman–Crippen LogP) is 0.965. The van der Waals surface area contributed by atoms with Crippen molar-refractivity contribution in [3.05, 3.63) is 50.8 Å². The third-order valence-electron chi connectivity index (χ3n) is 3.34. The summed E-state index contributed by atoms with van der Waals surface area (Å²) in [7, 11) is 1.42. The lowest BCUT2D eigenvalue weighted by Gasteiger charge is -2.15. The summed E-state index contributed by atoms with van der Waals surface area (Å²) in [5.41, 5.74) is 5.66. The highest BCUT2D eigenvalue weighted by Gasteiger charge is 2.32. The van der Waals surface area contributed by atoms with Crippen LogP contribution in [-0.4, -0.2) is 23.5 Å². The van der Waals surface area contributed by atoms with Gasteiger partial charge in [0, 0.05) is 17.2 Å². The zero-order valence-corrected chi connectivity index (χ0v) is 12.1. The Kier molecular flexibility index (Phi) is 3.14. The fraction of sp³-hybridized carbons (Fsp3) is 0.0714. The molecule has 3 N–H and O–H groups in total. The van der Waals surface area contributed by atoms with Gasteiger partial charge in [-0.3, -0.25) is 24.3 Å². The van der Waals surface area contributed by atoms with E-state index in [0.29, 0.717) is 16.5 Å². The molecular formula is C14H10ClN3O4. The Hall–Kier alpha value is -2.80. The van der Waals surface area contributed by atoms with Gasteiger partial charge in [-0.1, -0.05) is 11.6 Å². The Labute approximate surface area is 129 Å². The minimum absolute atomic E-state index is 0.0263. The fourth-order valence-electron chi connectivity index (χ4n) is 2.36. The molecule has 0 fully saturated rings. The first-order valence-electron chi connectivity index (χ1n) is 6.19. The Morgan fingerprint density at radius 2 is 1.91 bits per heavy atom. The summed E-state index contributed by atoms with van der Waals surface area (Å²) in [6.45, 7) is 0. The van der Waals surface area contributed by atoms with Gasteiger partial charge in [0.1, 0.15) is 11.6 Å². The first kappa shape index (κ1) is 14.2. The van der Waals surface area contributed by atoms with Gasteiger partial charge in [-0.05, 0) is 12.1 Å². The molecule has 0 saturated heterocycles. The molecule has 0 unspecified atom stereocenters. The van der Waals surface area contributed by atoms with E-state index in [4.69, 9.17) is 22.1 Å². The van der Waals surface area contributed by atoms with Gasteiger partial charge in [0.2, 0.25) is 0 Å². The van der Waals surface area contributed by atoms with Crippen LogP contribution in [0.25, 0.3) is 5.69 Å². The number of carbonyl (C=O) groups excluding carboxylic acids is 2. The molecule has 0 atom stereocenters. The molecule has 1 aliphatic heterocycles. The number of aromatic nitrogens is 1. The van der Waals surface area contributed by atoms with E-state index in [1.165, 1.54) is 13.2 Å². The van der Waals surface area contributed by atoms with Crippen LogP contribution in [0.3, 0.4) is 0 Å². The molecule has 2 heterocycles. The van der Waals surface area contributed by atoms with Gasteiger partial charge < -0.3 is 10.5 Å². The van der Waals surface area contributed by atoms with Gasteiger partial charge in [0.15, 0.2) is 0 Å². The number of nitrogens with one attached hydrogen (secondary N) is 1. The average molecular weight is 320 g/mol. The Bertz CT molecular complexity index is 888. The molecule has 8 heteroatoms. The summed E-state index contributed by atoms with van der Waals surface area (Å²) in [5, 5.41) is 2.52. The van der Waals surface area contributed by atoms with Crippen molar-refractivity contribution in [1.29, 1.82) is 0 Å². The number of methoxy groups -OCH3 is 1. The lowest BCUT2D eigenvalue weighted by atomic mass is 10.1. The number of hydrogen-bond donors (Lipinski definition) is 2. The highest BCUT2D eigenvalue weighted by Crippen LogP contribution is 2.29. The molecule has 3 rings (SSSR count). The number of carbonyl (C=O) groups is 2. The van der Waals surface area contributed by atoms with E-state index in [2.05, 4.69) is 5.32 Å². The maximum Gasteiger partial charge on any atom is 0.262 e. The second-order valence-corrected chi connectivity index (χ2v) is 5.03. The third-order valence-corrected chi connectivity index (χ3v) is 3.57. The van der Waals surface area contributed by atoms with Crippen LogP contribution >= 0.6 is 11.6 Å². The molecule has 7 nitrogen and oxygen atoms in total. The quantitative estimate of drug-likeness (QED) is 0.803. The number of halogens is 1. The number of nitrogen functional groups attached to an aromatic ring is 1. The number of anilines is 1. The van der Waals surface area contributed by atoms with Crippen molar-refractivity contribution in [3.8, 4) is 11.4 Å². The molecule has 112 valence electrons. The predicted molar refractivity (Wildman–Crippen MR) is 79.8 cm³/mol. The van der Waals surface area contributed by atoms with Crippen LogP contribution in [-0.2, 0) is 0 Å². The molecule has 0 radical (unpaired) electrons. The zero-order valence-electron chi connectivity index (χ0n) is 11.3. The lowest BCUT2D eigenvalue weighted by Crippen LogP contribution is -2.24. The van der Waals surface area contributed by atoms with E-state index >= 15 is 0 Å². The Morgan fingerprint density at radius 3 is 2.59 bits per heavy atom. The van der Waals surface area contributed by atoms with E-state index in [9.17, 15) is 14.4 Å². The number of imide groups is 1. The maximum atomic E-state index is 12.3. The summed E-state index contributed by atoms with van der Waals surface area (Å²) in [4.78, 5) is 35.7. The van der Waals surface area contributed by atoms with E-state index in [1.807, 2.05) is 0 Å². The lowest BCUT2D eigenvalue weighted by molar-refractivity contribution is 0.0880. The van der Waals surface area contributed by atoms with Gasteiger partial charge >= 0.3 is 0 Å². The number of benzene rings is 1. The van der Waals surface area contributed by atoms with Gasteiger partial charge in [-0.15, -0.1) is 0 Å². The molecule has 2 aromatic rings. The molecule has 22 heavy (non-hydrogen) atoms. The number of nitrogens with zero attached hydrogens (tertiary/aromatic N) is 1. The van der Waals surface area contributed by atoms with Crippen LogP contribution < -0.4 is 21.3 Å². The number of nitrogens with two attached hydrogens (primary N) is 1. The van der Waals surface area contributed by atoms with Crippen LogP contribution in [0.5, 0.6) is 5.75 Å². The summed E-state index contributed by atoms with van der Waals surface area (Å²) < 4.78 is 6.29. The van der Waals surface area contributed by atoms with Crippen molar-refractivity contribution in [2.24, 2.45) is 0 Å². The van der Waals surface area contributed by atoms with E-state index < -0.39 is 17.4 Å². The van der Waals surface area contributed by atoms with Crippen molar-refractivity contribution in [1.82, 2.24) is 9.88 Å². The number of amides is 2. The van der Waals surface area contributed by atoms with Crippen LogP contribution in [0.2, 0.25) is 5.02 Å². The SMILES string of the molecule is COc1cc(Cl)ccc1-n1c(N)c2c(cc1=O)C(=O)NC2=O. The Morgan fingerprint density at radius 1 is 1.18 bits per heavy atom. The van der Waals surface area contributed by atoms with Gasteiger partial charge in [0.05, 0.1) is 23.9 Å². The molecule has 0 aliphatic carbocycles. The maximum absolute atomic E-state index is 12.3. The van der Waals surface area contributed by atoms with Crippen LogP contribution in [0.4, 0.5) is 5.82 Å². The van der Waals surface area contributed by atoms with Crippen molar-refractivity contribution in [2.45, 2.75) is 0 Å². The highest BCUT2D eigenvalue weighted by atomic mass is 35.5. The summed E-state index contributed by atoms with van der Waals surface area (Å²) >= 11 is 5.89. The third kappa shape index (κ3) is 1.94. The first-order valence-corrected chi connectivity index (χ1v) is 6.57. The van der Waals surface area contributed by atoms with Gasteiger partial charge in [-0.25, -0.2) is 0 Å². The summed E-state index contributed by atoms with van der Waals surface area (Å²) in [6.07, 6.45) is 0. The molecule has 1 aromatic heterocycles. The van der Waals surface area contributed by atoms with Gasteiger partial charge in [0.25, 0.3) is 17.4 Å². The van der Waals surface area contributed by atoms with Crippen LogP contribution in [0.1, 0.15) is 20.7 Å². The first-order chi connectivity index (χ1) is 10.4. The molecule has 1 aliphatic rings. The molecular weight excluding hydrogens is 310 g/mol. The van der Waals surface area contributed by atoms with E-state index in [-0.39, 0.29) is 16.9 Å². The van der Waals surface area contributed by atoms with E-state index in [1.54, 1.807) is 12.1 Å². The minimum Gasteiger partial charge on any atom is -0.495 e. The van der Waals surface area contributed by atoms with Crippen molar-refractivity contribution in [3.63, 3.8) is 0 Å². The monoisotopic (exact) mass is 319 g/mol. The molecule has 0 spiro atoms. The van der Waals surface area contributed by atoms with Crippen LogP contribution in [0.15, 0.2) is 29.1 Å². The fourth-order valence-corrected chi connectivity index (χ4v) is 2.53. The second kappa shape index (κ2) is 4.88. The molecule has 0 bridgehead atoms.